The van der Waals surface area contributed by atoms with Crippen LogP contribution in [0.25, 0.3) is 0 Å². The van der Waals surface area contributed by atoms with Gasteiger partial charge in [0.2, 0.25) is 5.91 Å². The van der Waals surface area contributed by atoms with Crippen LogP contribution in [0.1, 0.15) is 17.5 Å². The highest BCUT2D eigenvalue weighted by molar-refractivity contribution is 8.00. The van der Waals surface area contributed by atoms with Crippen LogP contribution in [0, 0.1) is 11.3 Å². The molecular weight excluding hydrogens is 351 g/mol. The molecule has 1 aromatic carbocycles. The van der Waals surface area contributed by atoms with Gasteiger partial charge < -0.3 is 4.90 Å². The maximum absolute atomic E-state index is 12.6. The van der Waals surface area contributed by atoms with Gasteiger partial charge in [-0.25, -0.2) is 4.98 Å². The van der Waals surface area contributed by atoms with Crippen LogP contribution in [-0.4, -0.2) is 22.7 Å². The molecule has 1 saturated heterocycles. The van der Waals surface area contributed by atoms with E-state index in [2.05, 4.69) is 4.98 Å². The lowest BCUT2D eigenvalue weighted by atomic mass is 10.2. The Morgan fingerprint density at radius 1 is 1.20 bits per heavy atom. The Morgan fingerprint density at radius 3 is 2.48 bits per heavy atom. The molecule has 4 nitrogen and oxygen atoms in total. The molecule has 1 aliphatic rings. The van der Waals surface area contributed by atoms with E-state index >= 15 is 0 Å². The van der Waals surface area contributed by atoms with Gasteiger partial charge in [0.25, 0.3) is 0 Å². The van der Waals surface area contributed by atoms with Crippen molar-refractivity contribution in [3.63, 3.8) is 0 Å². The van der Waals surface area contributed by atoms with E-state index in [1.165, 1.54) is 6.07 Å². The second-order valence-electron chi connectivity index (χ2n) is 5.43. The number of aromatic nitrogens is 1. The van der Waals surface area contributed by atoms with Gasteiger partial charge >= 0.3 is 6.18 Å². The molecule has 8 heteroatoms. The minimum absolute atomic E-state index is 0.114. The lowest BCUT2D eigenvalue weighted by Crippen LogP contribution is -2.27. The number of halogens is 3. The van der Waals surface area contributed by atoms with Crippen molar-refractivity contribution in [1.29, 1.82) is 5.26 Å². The van der Waals surface area contributed by atoms with Crippen molar-refractivity contribution < 1.29 is 18.0 Å². The number of carbonyl (C=O) groups is 1. The minimum Gasteiger partial charge on any atom is -0.311 e. The Labute approximate surface area is 146 Å². The first-order valence-corrected chi connectivity index (χ1v) is 8.28. The molecule has 1 aliphatic heterocycles. The molecule has 128 valence electrons. The minimum atomic E-state index is -4.42. The number of nitrogens with zero attached hydrogens (tertiary/aromatic N) is 3. The second kappa shape index (κ2) is 6.76. The van der Waals surface area contributed by atoms with Crippen molar-refractivity contribution in [2.75, 3.05) is 11.4 Å². The van der Waals surface area contributed by atoms with Crippen LogP contribution in [0.4, 0.5) is 18.9 Å². The largest absolute Gasteiger partial charge is 0.417 e. The molecule has 0 radical (unpaired) electrons. The van der Waals surface area contributed by atoms with Crippen molar-refractivity contribution in [2.45, 2.75) is 22.9 Å². The number of rotatable bonds is 3. The molecule has 0 saturated carbocycles. The average molecular weight is 363 g/mol. The molecule has 1 aromatic heterocycles. The lowest BCUT2D eigenvalue weighted by molar-refractivity contribution is -0.137. The maximum atomic E-state index is 12.6. The van der Waals surface area contributed by atoms with Crippen LogP contribution in [0.3, 0.4) is 0 Å². The smallest absolute Gasteiger partial charge is 0.311 e. The number of pyridine rings is 1. The Morgan fingerprint density at radius 2 is 1.92 bits per heavy atom. The van der Waals surface area contributed by atoms with Crippen LogP contribution in [-0.2, 0) is 11.0 Å². The highest BCUT2D eigenvalue weighted by atomic mass is 32.2. The molecule has 0 bridgehead atoms. The zero-order valence-electron chi connectivity index (χ0n) is 12.8. The van der Waals surface area contributed by atoms with Crippen molar-refractivity contribution >= 4 is 23.4 Å². The normalized spacial score (nSPS) is 17.6. The van der Waals surface area contributed by atoms with Crippen LogP contribution in [0.5, 0.6) is 0 Å². The second-order valence-corrected chi connectivity index (χ2v) is 6.65. The highest BCUT2D eigenvalue weighted by Gasteiger charge is 2.34. The van der Waals surface area contributed by atoms with Crippen LogP contribution in [0.15, 0.2) is 47.6 Å². The first-order chi connectivity index (χ1) is 11.9. The van der Waals surface area contributed by atoms with Gasteiger partial charge in [0.15, 0.2) is 0 Å². The van der Waals surface area contributed by atoms with Crippen LogP contribution >= 0.6 is 11.8 Å². The Hall–Kier alpha value is -2.53. The average Bonchev–Trinajstić information content (AvgIpc) is 2.95. The number of nitriles is 1. The fraction of sp³-hybridized carbons (Fsp3) is 0.235. The fourth-order valence-electron chi connectivity index (χ4n) is 2.50. The van der Waals surface area contributed by atoms with Gasteiger partial charge in [-0.2, -0.15) is 18.4 Å². The van der Waals surface area contributed by atoms with Gasteiger partial charge in [0.1, 0.15) is 0 Å². The van der Waals surface area contributed by atoms with Gasteiger partial charge in [0.05, 0.1) is 27.5 Å². The van der Waals surface area contributed by atoms with Gasteiger partial charge in [-0.1, -0.05) is 11.8 Å². The summed E-state index contributed by atoms with van der Waals surface area (Å²) < 4.78 is 37.7. The topological polar surface area (TPSA) is 57.0 Å². The maximum Gasteiger partial charge on any atom is 0.417 e. The summed E-state index contributed by atoms with van der Waals surface area (Å²) in [6.07, 6.45) is -3.07. The quantitative estimate of drug-likeness (QED) is 0.831. The third kappa shape index (κ3) is 3.77. The zero-order valence-corrected chi connectivity index (χ0v) is 13.6. The number of carbonyl (C=O) groups excluding carboxylic acids is 1. The van der Waals surface area contributed by atoms with Gasteiger partial charge in [-0.3, -0.25) is 4.79 Å². The molecule has 0 N–H and O–H groups in total. The lowest BCUT2D eigenvalue weighted by Gasteiger charge is -2.16. The molecule has 0 unspecified atom stereocenters. The number of amides is 1. The third-order valence-electron chi connectivity index (χ3n) is 3.79. The van der Waals surface area contributed by atoms with Crippen LogP contribution in [0.2, 0.25) is 0 Å². The van der Waals surface area contributed by atoms with E-state index in [1.54, 1.807) is 29.2 Å². The molecule has 1 fully saturated rings. The van der Waals surface area contributed by atoms with Gasteiger partial charge in [-0.05, 0) is 42.8 Å². The van der Waals surface area contributed by atoms with E-state index in [4.69, 9.17) is 5.26 Å². The summed E-state index contributed by atoms with van der Waals surface area (Å²) in [5.41, 5.74) is 0.400. The van der Waals surface area contributed by atoms with Crippen molar-refractivity contribution in [3.8, 4) is 6.07 Å². The summed E-state index contributed by atoms with van der Waals surface area (Å²) in [5.74, 6) is -0.114. The zero-order chi connectivity index (χ0) is 18.0. The van der Waals surface area contributed by atoms with Crippen molar-refractivity contribution in [2.24, 2.45) is 0 Å². The van der Waals surface area contributed by atoms with Gasteiger partial charge in [0, 0.05) is 18.4 Å². The van der Waals surface area contributed by atoms with Crippen LogP contribution < -0.4 is 4.90 Å². The molecule has 0 spiro atoms. The molecule has 2 aromatic rings. The number of thioether (sulfide) groups is 1. The third-order valence-corrected chi connectivity index (χ3v) is 5.00. The Kier molecular flexibility index (Phi) is 4.68. The van der Waals surface area contributed by atoms with E-state index in [0.717, 1.165) is 24.0 Å². The standard InChI is InChI=1S/C17H12F3N3OS/c18-17(19,20)12-3-6-15(22-10-12)25-14-7-8-23(16(14)24)13-4-1-11(9-21)2-5-13/h1-6,10,14H,7-8H2/t14-/m1/s1. The molecule has 1 amide bonds. The van der Waals surface area contributed by atoms with Gasteiger partial charge in [-0.15, -0.1) is 0 Å². The van der Waals surface area contributed by atoms with E-state index in [0.29, 0.717) is 29.2 Å². The summed E-state index contributed by atoms with van der Waals surface area (Å²) in [6, 6.07) is 11.0. The molecule has 0 aliphatic carbocycles. The fourth-order valence-corrected chi connectivity index (χ4v) is 3.50. The van der Waals surface area contributed by atoms with E-state index in [-0.39, 0.29) is 11.2 Å². The number of alkyl halides is 3. The number of benzene rings is 1. The SMILES string of the molecule is N#Cc1ccc(N2CC[C@@H](Sc3ccc(C(F)(F)F)cn3)C2=O)cc1. The molecule has 3 rings (SSSR count). The molecule has 1 atom stereocenters. The summed E-state index contributed by atoms with van der Waals surface area (Å²) >= 11 is 1.16. The Balaban J connectivity index is 1.68. The molecule has 25 heavy (non-hydrogen) atoms. The summed E-state index contributed by atoms with van der Waals surface area (Å²) in [6.45, 7) is 0.517. The monoisotopic (exact) mass is 363 g/mol. The number of hydrogen-bond donors (Lipinski definition) is 0. The number of anilines is 1. The predicted octanol–water partition coefficient (Wildman–Crippen LogP) is 3.87. The van der Waals surface area contributed by atoms with Crippen molar-refractivity contribution in [3.05, 3.63) is 53.7 Å². The summed E-state index contributed by atoms with van der Waals surface area (Å²) in [4.78, 5) is 17.9. The van der Waals surface area contributed by atoms with Crippen molar-refractivity contribution in [1.82, 2.24) is 4.98 Å². The number of hydrogen-bond acceptors (Lipinski definition) is 4. The molecule has 2 heterocycles. The highest BCUT2D eigenvalue weighted by Crippen LogP contribution is 2.34. The molecular formula is C17H12F3N3OS. The first-order valence-electron chi connectivity index (χ1n) is 7.40. The first kappa shape index (κ1) is 17.3. The van der Waals surface area contributed by atoms with E-state index in [1.807, 2.05) is 6.07 Å². The summed E-state index contributed by atoms with van der Waals surface area (Å²) in [7, 11) is 0. The summed E-state index contributed by atoms with van der Waals surface area (Å²) in [5, 5.41) is 8.80. The predicted molar refractivity (Wildman–Crippen MR) is 87.0 cm³/mol. The van der Waals surface area contributed by atoms with E-state index < -0.39 is 11.7 Å². The van der Waals surface area contributed by atoms with E-state index in [9.17, 15) is 18.0 Å². The Bertz CT molecular complexity index is 813.